The van der Waals surface area contributed by atoms with Crippen LogP contribution >= 0.6 is 11.6 Å². The van der Waals surface area contributed by atoms with Gasteiger partial charge in [-0.25, -0.2) is 0 Å². The second kappa shape index (κ2) is 7.58. The van der Waals surface area contributed by atoms with Crippen molar-refractivity contribution in [3.05, 3.63) is 29.3 Å². The Morgan fingerprint density at radius 3 is 2.45 bits per heavy atom. The van der Waals surface area contributed by atoms with Gasteiger partial charge in [-0.3, -0.25) is 0 Å². The van der Waals surface area contributed by atoms with Crippen LogP contribution in [0.4, 0.5) is 5.69 Å². The van der Waals surface area contributed by atoms with Crippen molar-refractivity contribution in [3.8, 4) is 0 Å². The Bertz CT molecular complexity index is 462. The number of halogens is 1. The van der Waals surface area contributed by atoms with Gasteiger partial charge in [0.2, 0.25) is 0 Å². The molecule has 0 saturated heterocycles. The minimum atomic E-state index is -1.04. The van der Waals surface area contributed by atoms with Crippen LogP contribution < -0.4 is 61.4 Å². The van der Waals surface area contributed by atoms with E-state index in [1.165, 1.54) is 0 Å². The van der Waals surface area contributed by atoms with Gasteiger partial charge in [0.1, 0.15) is 0 Å². The van der Waals surface area contributed by atoms with E-state index in [0.29, 0.717) is 24.4 Å². The Hall–Kier alpha value is 0.376. The summed E-state index contributed by atoms with van der Waals surface area (Å²) in [5.74, 6) is -1.04. The first-order chi connectivity index (χ1) is 8.93. The average molecular weight is 322 g/mol. The van der Waals surface area contributed by atoms with E-state index in [4.69, 9.17) is 11.6 Å². The number of hydrogen-bond acceptors (Lipinski definition) is 4. The summed E-state index contributed by atoms with van der Waals surface area (Å²) >= 11 is 5.81. The minimum Gasteiger partial charge on any atom is -0.550 e. The monoisotopic (exact) mass is 321 g/mol. The molecule has 6 heteroatoms. The van der Waals surface area contributed by atoms with Crippen LogP contribution in [0.2, 0.25) is 5.02 Å². The van der Waals surface area contributed by atoms with Gasteiger partial charge in [0.05, 0.1) is 6.10 Å². The Morgan fingerprint density at radius 1 is 1.45 bits per heavy atom. The molecule has 0 spiro atoms. The first-order valence-corrected chi connectivity index (χ1v) is 6.67. The first kappa shape index (κ1) is 18.4. The van der Waals surface area contributed by atoms with Crippen LogP contribution in [0.25, 0.3) is 0 Å². The first-order valence-electron chi connectivity index (χ1n) is 6.29. The van der Waals surface area contributed by atoms with Gasteiger partial charge in [0.15, 0.2) is 0 Å². The third-order valence-electron chi connectivity index (χ3n) is 3.66. The maximum Gasteiger partial charge on any atom is 1.00 e. The fraction of sp³-hybridized carbons (Fsp3) is 0.500. The van der Waals surface area contributed by atoms with Gasteiger partial charge >= 0.3 is 51.4 Å². The molecule has 20 heavy (non-hydrogen) atoms. The van der Waals surface area contributed by atoms with Crippen molar-refractivity contribution in [2.24, 2.45) is 5.41 Å². The van der Waals surface area contributed by atoms with Crippen molar-refractivity contribution in [3.63, 3.8) is 0 Å². The molecule has 0 heterocycles. The zero-order chi connectivity index (χ0) is 14.0. The van der Waals surface area contributed by atoms with E-state index in [0.717, 1.165) is 5.69 Å². The van der Waals surface area contributed by atoms with Crippen molar-refractivity contribution >= 4 is 23.3 Å². The molecule has 1 atom stereocenters. The molecule has 0 amide bonds. The standard InChI is InChI=1S/C14H18ClNO3.K/c1-16(11-4-2-10(15)3-5-11)9-12(17)8-14(6-7-14)13(18)19;/h2-5,12,17H,6-9H2,1H3,(H,18,19);/q;+1/p-1. The van der Waals surface area contributed by atoms with Crippen LogP contribution in [0.1, 0.15) is 19.3 Å². The average Bonchev–Trinajstić information content (AvgIpc) is 3.10. The van der Waals surface area contributed by atoms with Crippen LogP contribution in [-0.2, 0) is 4.79 Å². The maximum absolute atomic E-state index is 11.0. The van der Waals surface area contributed by atoms with Crippen LogP contribution in [-0.4, -0.2) is 30.8 Å². The number of carboxylic acid groups (broad SMARTS) is 1. The minimum absolute atomic E-state index is 0. The number of carbonyl (C=O) groups is 1. The summed E-state index contributed by atoms with van der Waals surface area (Å²) in [5.41, 5.74) is 0.141. The van der Waals surface area contributed by atoms with Gasteiger partial charge in [-0.1, -0.05) is 11.6 Å². The van der Waals surface area contributed by atoms with Crippen LogP contribution in [0.15, 0.2) is 24.3 Å². The third kappa shape index (κ3) is 4.70. The van der Waals surface area contributed by atoms with E-state index in [1.807, 2.05) is 24.1 Å². The number of hydrogen-bond donors (Lipinski definition) is 1. The smallest absolute Gasteiger partial charge is 0.550 e. The molecule has 1 saturated carbocycles. The number of aliphatic carboxylic acids is 1. The number of aliphatic hydroxyl groups is 1. The van der Waals surface area contributed by atoms with Gasteiger partial charge in [-0.15, -0.1) is 0 Å². The van der Waals surface area contributed by atoms with Gasteiger partial charge < -0.3 is 19.9 Å². The number of carbonyl (C=O) groups excluding carboxylic acids is 1. The van der Waals surface area contributed by atoms with Crippen molar-refractivity contribution < 1.29 is 66.4 Å². The SMILES string of the molecule is CN(CC(O)CC1(C(=O)[O-])CC1)c1ccc(Cl)cc1.[K+]. The van der Waals surface area contributed by atoms with Crippen LogP contribution in [0.5, 0.6) is 0 Å². The van der Waals surface area contributed by atoms with E-state index in [2.05, 4.69) is 0 Å². The molecule has 4 nitrogen and oxygen atoms in total. The predicted molar refractivity (Wildman–Crippen MR) is 72.0 cm³/mol. The van der Waals surface area contributed by atoms with E-state index in [-0.39, 0.29) is 57.8 Å². The number of rotatable bonds is 6. The summed E-state index contributed by atoms with van der Waals surface area (Å²) in [6.07, 6.45) is 0.794. The molecule has 1 aliphatic rings. The molecular weight excluding hydrogens is 305 g/mol. The number of carboxylic acids is 1. The van der Waals surface area contributed by atoms with E-state index in [1.54, 1.807) is 12.1 Å². The molecule has 2 rings (SSSR count). The molecule has 1 N–H and O–H groups in total. The fourth-order valence-electron chi connectivity index (χ4n) is 2.28. The van der Waals surface area contributed by atoms with E-state index < -0.39 is 17.5 Å². The summed E-state index contributed by atoms with van der Waals surface area (Å²) in [6, 6.07) is 7.29. The zero-order valence-corrected chi connectivity index (χ0v) is 15.7. The van der Waals surface area contributed by atoms with Gasteiger partial charge in [0, 0.05) is 35.7 Å². The molecule has 0 radical (unpaired) electrons. The van der Waals surface area contributed by atoms with Gasteiger partial charge in [-0.2, -0.15) is 0 Å². The van der Waals surface area contributed by atoms with Crippen molar-refractivity contribution in [1.29, 1.82) is 0 Å². The Balaban J connectivity index is 0.00000200. The second-order valence-corrected chi connectivity index (χ2v) is 5.72. The van der Waals surface area contributed by atoms with Crippen LogP contribution in [0, 0.1) is 5.41 Å². The second-order valence-electron chi connectivity index (χ2n) is 5.28. The maximum atomic E-state index is 11.0. The number of anilines is 1. The number of benzene rings is 1. The molecule has 0 bridgehead atoms. The summed E-state index contributed by atoms with van der Waals surface area (Å²) in [7, 11) is 1.85. The molecule has 0 aliphatic heterocycles. The van der Waals surface area contributed by atoms with E-state index in [9.17, 15) is 15.0 Å². The number of nitrogens with zero attached hydrogens (tertiary/aromatic N) is 1. The molecule has 0 aromatic heterocycles. The quantitative estimate of drug-likeness (QED) is 0.619. The van der Waals surface area contributed by atoms with Gasteiger partial charge in [0.25, 0.3) is 0 Å². The molecule has 1 aliphatic carbocycles. The number of aliphatic hydroxyl groups excluding tert-OH is 1. The molecule has 104 valence electrons. The molecule has 1 fully saturated rings. The normalized spacial score (nSPS) is 16.9. The Kier molecular flexibility index (Phi) is 6.99. The summed E-state index contributed by atoms with van der Waals surface area (Å²) in [4.78, 5) is 12.8. The Morgan fingerprint density at radius 2 is 2.00 bits per heavy atom. The molecule has 1 aromatic carbocycles. The molecule has 1 unspecified atom stereocenters. The summed E-state index contributed by atoms with van der Waals surface area (Å²) < 4.78 is 0. The predicted octanol–water partition coefficient (Wildman–Crippen LogP) is -1.94. The molecular formula is C14H17ClKNO3. The largest absolute Gasteiger partial charge is 1.00 e. The zero-order valence-electron chi connectivity index (χ0n) is 11.8. The summed E-state index contributed by atoms with van der Waals surface area (Å²) in [6.45, 7) is 0.386. The van der Waals surface area contributed by atoms with Gasteiger partial charge in [-0.05, 0) is 43.5 Å². The van der Waals surface area contributed by atoms with E-state index >= 15 is 0 Å². The third-order valence-corrected chi connectivity index (χ3v) is 3.92. The number of likely N-dealkylation sites (N-methyl/N-ethyl adjacent to an activating group) is 1. The van der Waals surface area contributed by atoms with Crippen molar-refractivity contribution in [2.45, 2.75) is 25.4 Å². The summed E-state index contributed by atoms with van der Waals surface area (Å²) in [5, 5.41) is 21.6. The van der Waals surface area contributed by atoms with Crippen molar-refractivity contribution in [1.82, 2.24) is 0 Å². The topological polar surface area (TPSA) is 63.6 Å². The van der Waals surface area contributed by atoms with Crippen molar-refractivity contribution in [2.75, 3.05) is 18.5 Å². The van der Waals surface area contributed by atoms with Crippen LogP contribution in [0.3, 0.4) is 0 Å². The Labute approximate surface area is 166 Å². The molecule has 1 aromatic rings. The fourth-order valence-corrected chi connectivity index (χ4v) is 2.40.